The van der Waals surface area contributed by atoms with Crippen LogP contribution in [0.3, 0.4) is 0 Å². The Morgan fingerprint density at radius 3 is 2.59 bits per heavy atom. The predicted molar refractivity (Wildman–Crippen MR) is 62.7 cm³/mol. The number of nitrogens with zero attached hydrogens (tertiary/aromatic N) is 1. The summed E-state index contributed by atoms with van der Waals surface area (Å²) in [6.45, 7) is 1.80. The molecular formula is C13H15NO3. The smallest absolute Gasteiger partial charge is 0.239 e. The molecule has 0 bridgehead atoms. The number of carbonyl (C=O) groups excluding carboxylic acids is 2. The number of rotatable bonds is 2. The first kappa shape index (κ1) is 11.6. The third-order valence-corrected chi connectivity index (χ3v) is 3.36. The van der Waals surface area contributed by atoms with Gasteiger partial charge in [0.25, 0.3) is 0 Å². The molecule has 0 N–H and O–H groups in total. The van der Waals surface area contributed by atoms with Crippen molar-refractivity contribution in [1.82, 2.24) is 4.90 Å². The van der Waals surface area contributed by atoms with Gasteiger partial charge >= 0.3 is 0 Å². The van der Waals surface area contributed by atoms with Gasteiger partial charge in [-0.25, -0.2) is 0 Å². The maximum absolute atomic E-state index is 12.1. The highest BCUT2D eigenvalue weighted by atomic mass is 16.5. The Kier molecular flexibility index (Phi) is 2.65. The summed E-state index contributed by atoms with van der Waals surface area (Å²) in [6.07, 6.45) is 0.218. The van der Waals surface area contributed by atoms with E-state index in [1.807, 2.05) is 24.3 Å². The molecule has 1 atom stereocenters. The van der Waals surface area contributed by atoms with Gasteiger partial charge in [-0.15, -0.1) is 0 Å². The van der Waals surface area contributed by atoms with E-state index in [1.54, 1.807) is 14.0 Å². The van der Waals surface area contributed by atoms with E-state index < -0.39 is 5.41 Å². The summed E-state index contributed by atoms with van der Waals surface area (Å²) in [5.41, 5.74) is 0.0555. The van der Waals surface area contributed by atoms with Crippen LogP contribution in [0.1, 0.15) is 18.9 Å². The second-order valence-corrected chi connectivity index (χ2v) is 4.50. The van der Waals surface area contributed by atoms with Crippen LogP contribution in [-0.4, -0.2) is 30.9 Å². The van der Waals surface area contributed by atoms with Crippen molar-refractivity contribution in [2.24, 2.45) is 0 Å². The van der Waals surface area contributed by atoms with Crippen molar-refractivity contribution in [2.75, 3.05) is 14.2 Å². The average molecular weight is 233 g/mol. The fourth-order valence-corrected chi connectivity index (χ4v) is 2.17. The molecule has 1 fully saturated rings. The Hall–Kier alpha value is -1.84. The number of likely N-dealkylation sites (tertiary alicyclic amines) is 1. The van der Waals surface area contributed by atoms with Gasteiger partial charge in [0.15, 0.2) is 0 Å². The van der Waals surface area contributed by atoms with E-state index >= 15 is 0 Å². The van der Waals surface area contributed by atoms with Gasteiger partial charge in [-0.05, 0) is 24.6 Å². The standard InChI is InChI=1S/C13H15NO3/c1-13(8-11(15)14(2)12(13)16)9-5-4-6-10(7-9)17-3/h4-7H,8H2,1-3H3. The van der Waals surface area contributed by atoms with Gasteiger partial charge in [0.05, 0.1) is 12.5 Å². The van der Waals surface area contributed by atoms with Crippen LogP contribution in [0.15, 0.2) is 24.3 Å². The van der Waals surface area contributed by atoms with E-state index in [4.69, 9.17) is 4.74 Å². The van der Waals surface area contributed by atoms with Gasteiger partial charge < -0.3 is 4.74 Å². The molecule has 17 heavy (non-hydrogen) atoms. The predicted octanol–water partition coefficient (Wildman–Crippen LogP) is 1.34. The number of ether oxygens (including phenoxy) is 1. The maximum atomic E-state index is 12.1. The molecule has 0 radical (unpaired) electrons. The van der Waals surface area contributed by atoms with Crippen molar-refractivity contribution >= 4 is 11.8 Å². The zero-order chi connectivity index (χ0) is 12.6. The van der Waals surface area contributed by atoms with Crippen molar-refractivity contribution in [3.05, 3.63) is 29.8 Å². The van der Waals surface area contributed by atoms with Gasteiger partial charge in [-0.3, -0.25) is 14.5 Å². The topological polar surface area (TPSA) is 46.6 Å². The molecule has 1 aromatic carbocycles. The minimum atomic E-state index is -0.764. The number of benzene rings is 1. The van der Waals surface area contributed by atoms with Crippen LogP contribution in [0.4, 0.5) is 0 Å². The zero-order valence-corrected chi connectivity index (χ0v) is 10.2. The molecule has 0 saturated carbocycles. The lowest BCUT2D eigenvalue weighted by Gasteiger charge is -2.21. The van der Waals surface area contributed by atoms with Crippen LogP contribution in [0.5, 0.6) is 5.75 Å². The first-order valence-electron chi connectivity index (χ1n) is 5.44. The van der Waals surface area contributed by atoms with Gasteiger partial charge in [0.2, 0.25) is 11.8 Å². The monoisotopic (exact) mass is 233 g/mol. The Bertz CT molecular complexity index is 483. The van der Waals surface area contributed by atoms with Crippen molar-refractivity contribution in [1.29, 1.82) is 0 Å². The van der Waals surface area contributed by atoms with Crippen LogP contribution in [0.2, 0.25) is 0 Å². The maximum Gasteiger partial charge on any atom is 0.239 e. The van der Waals surface area contributed by atoms with E-state index in [0.717, 1.165) is 5.56 Å². The fraction of sp³-hybridized carbons (Fsp3) is 0.385. The van der Waals surface area contributed by atoms with E-state index in [0.29, 0.717) is 5.75 Å². The summed E-state index contributed by atoms with van der Waals surface area (Å²) in [5, 5.41) is 0. The van der Waals surface area contributed by atoms with Crippen LogP contribution < -0.4 is 4.74 Å². The number of hydrogen-bond acceptors (Lipinski definition) is 3. The lowest BCUT2D eigenvalue weighted by atomic mass is 9.81. The Morgan fingerprint density at radius 2 is 2.06 bits per heavy atom. The van der Waals surface area contributed by atoms with Gasteiger partial charge in [-0.2, -0.15) is 0 Å². The highest BCUT2D eigenvalue weighted by molar-refractivity contribution is 6.08. The average Bonchev–Trinajstić information content (AvgIpc) is 2.55. The van der Waals surface area contributed by atoms with E-state index in [2.05, 4.69) is 0 Å². The lowest BCUT2D eigenvalue weighted by molar-refractivity contribution is -0.138. The van der Waals surface area contributed by atoms with Crippen molar-refractivity contribution in [3.8, 4) is 5.75 Å². The summed E-state index contributed by atoms with van der Waals surface area (Å²) in [4.78, 5) is 24.9. The molecule has 2 amide bonds. The van der Waals surface area contributed by atoms with Crippen LogP contribution in [-0.2, 0) is 15.0 Å². The molecule has 0 aliphatic carbocycles. The molecular weight excluding hydrogens is 218 g/mol. The third-order valence-electron chi connectivity index (χ3n) is 3.36. The zero-order valence-electron chi connectivity index (χ0n) is 10.2. The summed E-state index contributed by atoms with van der Waals surface area (Å²) >= 11 is 0. The normalized spacial score (nSPS) is 24.3. The van der Waals surface area contributed by atoms with Crippen LogP contribution >= 0.6 is 0 Å². The number of likely N-dealkylation sites (N-methyl/N-ethyl adjacent to an activating group) is 1. The Morgan fingerprint density at radius 1 is 1.35 bits per heavy atom. The minimum absolute atomic E-state index is 0.139. The molecule has 0 aromatic heterocycles. The first-order valence-corrected chi connectivity index (χ1v) is 5.44. The number of hydrogen-bond donors (Lipinski definition) is 0. The SMILES string of the molecule is COc1cccc(C2(C)CC(=O)N(C)C2=O)c1. The van der Waals surface area contributed by atoms with Crippen molar-refractivity contribution in [2.45, 2.75) is 18.8 Å². The minimum Gasteiger partial charge on any atom is -0.497 e. The van der Waals surface area contributed by atoms with Crippen molar-refractivity contribution in [3.63, 3.8) is 0 Å². The molecule has 1 aliphatic heterocycles. The summed E-state index contributed by atoms with van der Waals surface area (Å²) in [5.74, 6) is 0.398. The van der Waals surface area contributed by atoms with E-state index in [1.165, 1.54) is 11.9 Å². The largest absolute Gasteiger partial charge is 0.497 e. The summed E-state index contributed by atoms with van der Waals surface area (Å²) in [6, 6.07) is 7.31. The molecule has 1 unspecified atom stereocenters. The first-order chi connectivity index (χ1) is 7.99. The van der Waals surface area contributed by atoms with Crippen LogP contribution in [0.25, 0.3) is 0 Å². The number of imide groups is 1. The highest BCUT2D eigenvalue weighted by Crippen LogP contribution is 2.36. The number of carbonyl (C=O) groups is 2. The number of methoxy groups -OCH3 is 1. The quantitative estimate of drug-likeness (QED) is 0.724. The molecule has 4 nitrogen and oxygen atoms in total. The summed E-state index contributed by atoms with van der Waals surface area (Å²) in [7, 11) is 3.10. The van der Waals surface area contributed by atoms with Crippen molar-refractivity contribution < 1.29 is 14.3 Å². The molecule has 1 heterocycles. The highest BCUT2D eigenvalue weighted by Gasteiger charge is 2.47. The summed E-state index contributed by atoms with van der Waals surface area (Å²) < 4.78 is 5.14. The fourth-order valence-electron chi connectivity index (χ4n) is 2.17. The molecule has 1 aromatic rings. The van der Waals surface area contributed by atoms with Gasteiger partial charge in [-0.1, -0.05) is 12.1 Å². The molecule has 2 rings (SSSR count). The molecule has 90 valence electrons. The van der Waals surface area contributed by atoms with Gasteiger partial charge in [0, 0.05) is 13.5 Å². The van der Waals surface area contributed by atoms with Gasteiger partial charge in [0.1, 0.15) is 5.75 Å². The number of amides is 2. The second-order valence-electron chi connectivity index (χ2n) is 4.50. The molecule has 4 heteroatoms. The molecule has 1 saturated heterocycles. The lowest BCUT2D eigenvalue weighted by Crippen LogP contribution is -2.34. The Balaban J connectivity index is 2.45. The molecule has 0 spiro atoms. The Labute approximate surface area is 100 Å². The second kappa shape index (κ2) is 3.87. The third kappa shape index (κ3) is 1.69. The molecule has 1 aliphatic rings. The van der Waals surface area contributed by atoms with Crippen LogP contribution in [0, 0.1) is 0 Å². The van der Waals surface area contributed by atoms with E-state index in [9.17, 15) is 9.59 Å². The van der Waals surface area contributed by atoms with E-state index in [-0.39, 0.29) is 18.2 Å².